The van der Waals surface area contributed by atoms with Crippen LogP contribution in [0.4, 0.5) is 11.4 Å². The molecule has 0 atom stereocenters. The third-order valence-corrected chi connectivity index (χ3v) is 4.07. The van der Waals surface area contributed by atoms with Crippen LogP contribution in [0.25, 0.3) is 0 Å². The van der Waals surface area contributed by atoms with Crippen molar-refractivity contribution in [2.75, 3.05) is 13.1 Å². The first kappa shape index (κ1) is 17.3. The highest BCUT2D eigenvalue weighted by molar-refractivity contribution is 5.94. The molecule has 1 saturated heterocycles. The average molecular weight is 357 g/mol. The van der Waals surface area contributed by atoms with Gasteiger partial charge in [-0.25, -0.2) is 0 Å². The molecule has 134 valence electrons. The third-order valence-electron chi connectivity index (χ3n) is 4.07. The lowest BCUT2D eigenvalue weighted by atomic mass is 10.2. The Labute approximate surface area is 148 Å². The maximum Gasteiger partial charge on any atom is 0.318 e. The second-order valence-corrected chi connectivity index (χ2v) is 5.79. The maximum absolute atomic E-state index is 12.3. The summed E-state index contributed by atoms with van der Waals surface area (Å²) < 4.78 is 5.48. The second-order valence-electron chi connectivity index (χ2n) is 5.79. The zero-order valence-electron chi connectivity index (χ0n) is 13.7. The number of nitro benzene ring substituents is 2. The maximum atomic E-state index is 12.3. The summed E-state index contributed by atoms with van der Waals surface area (Å²) in [6.07, 6.45) is 1.99. The number of nitro groups is 2. The first-order valence-corrected chi connectivity index (χ1v) is 7.96. The van der Waals surface area contributed by atoms with Gasteiger partial charge in [0.25, 0.3) is 11.6 Å². The summed E-state index contributed by atoms with van der Waals surface area (Å²) in [6, 6.07) is 9.41. The van der Waals surface area contributed by atoms with Crippen molar-refractivity contribution in [2.45, 2.75) is 12.8 Å². The molecule has 0 aliphatic carbocycles. The number of benzene rings is 2. The van der Waals surface area contributed by atoms with Crippen LogP contribution in [0.2, 0.25) is 0 Å². The number of carbonyl (C=O) groups excluding carboxylic acids is 1. The van der Waals surface area contributed by atoms with Crippen LogP contribution in [-0.4, -0.2) is 33.7 Å². The lowest BCUT2D eigenvalue weighted by Crippen LogP contribution is -2.27. The van der Waals surface area contributed by atoms with E-state index in [4.69, 9.17) is 4.74 Å². The Morgan fingerprint density at radius 1 is 0.962 bits per heavy atom. The molecule has 1 heterocycles. The predicted octanol–water partition coefficient (Wildman–Crippen LogP) is 3.53. The molecule has 0 N–H and O–H groups in total. The van der Waals surface area contributed by atoms with Crippen LogP contribution in [-0.2, 0) is 0 Å². The van der Waals surface area contributed by atoms with E-state index in [0.717, 1.165) is 38.1 Å². The van der Waals surface area contributed by atoms with Gasteiger partial charge in [-0.3, -0.25) is 25.0 Å². The standard InChI is InChI=1S/C17H15N3O6/c21-17(18-9-1-2-10-18)12-3-6-14(7-4-12)26-16-8-5-13(19(22)23)11-15(16)20(24)25/h3-8,11H,1-2,9-10H2. The summed E-state index contributed by atoms with van der Waals surface area (Å²) in [5.41, 5.74) is -0.385. The molecule has 1 fully saturated rings. The van der Waals surface area contributed by atoms with Gasteiger partial charge in [0.05, 0.1) is 15.9 Å². The second kappa shape index (κ2) is 7.18. The SMILES string of the molecule is O=C(c1ccc(Oc2ccc([N+](=O)[O-])cc2[N+](=O)[O-])cc1)N1CCCC1. The van der Waals surface area contributed by atoms with Crippen molar-refractivity contribution in [1.29, 1.82) is 0 Å². The number of nitrogens with zero attached hydrogens (tertiary/aromatic N) is 3. The summed E-state index contributed by atoms with van der Waals surface area (Å²) in [5.74, 6) is 0.120. The monoisotopic (exact) mass is 357 g/mol. The first-order valence-electron chi connectivity index (χ1n) is 7.96. The molecule has 9 nitrogen and oxygen atoms in total. The highest BCUT2D eigenvalue weighted by Gasteiger charge is 2.22. The molecule has 0 bridgehead atoms. The fourth-order valence-electron chi connectivity index (χ4n) is 2.74. The summed E-state index contributed by atoms with van der Waals surface area (Å²) in [7, 11) is 0. The van der Waals surface area contributed by atoms with Crippen LogP contribution in [0.5, 0.6) is 11.5 Å². The Bertz CT molecular complexity index is 859. The van der Waals surface area contributed by atoms with Crippen LogP contribution >= 0.6 is 0 Å². The minimum Gasteiger partial charge on any atom is -0.450 e. The van der Waals surface area contributed by atoms with Gasteiger partial charge in [-0.2, -0.15) is 0 Å². The lowest BCUT2D eigenvalue weighted by Gasteiger charge is -2.15. The van der Waals surface area contributed by atoms with Crippen molar-refractivity contribution in [2.24, 2.45) is 0 Å². The predicted molar refractivity (Wildman–Crippen MR) is 91.4 cm³/mol. The van der Waals surface area contributed by atoms with Gasteiger partial charge >= 0.3 is 5.69 Å². The van der Waals surface area contributed by atoms with Crippen molar-refractivity contribution in [3.63, 3.8) is 0 Å². The molecule has 26 heavy (non-hydrogen) atoms. The number of non-ortho nitro benzene ring substituents is 1. The number of rotatable bonds is 5. The number of ether oxygens (including phenoxy) is 1. The number of likely N-dealkylation sites (tertiary alicyclic amines) is 1. The van der Waals surface area contributed by atoms with Crippen LogP contribution in [0.3, 0.4) is 0 Å². The first-order chi connectivity index (χ1) is 12.5. The van der Waals surface area contributed by atoms with Crippen molar-refractivity contribution >= 4 is 17.3 Å². The minimum atomic E-state index is -0.742. The van der Waals surface area contributed by atoms with Crippen molar-refractivity contribution in [3.8, 4) is 11.5 Å². The molecule has 2 aromatic carbocycles. The highest BCUT2D eigenvalue weighted by atomic mass is 16.6. The van der Waals surface area contributed by atoms with E-state index in [-0.39, 0.29) is 11.7 Å². The number of hydrogen-bond donors (Lipinski definition) is 0. The molecular formula is C17H15N3O6. The summed E-state index contributed by atoms with van der Waals surface area (Å²) in [5, 5.41) is 21.9. The Kier molecular flexibility index (Phi) is 4.78. The van der Waals surface area contributed by atoms with Gasteiger partial charge in [-0.1, -0.05) is 0 Å². The Morgan fingerprint density at radius 3 is 2.19 bits per heavy atom. The average Bonchev–Trinajstić information content (AvgIpc) is 3.16. The van der Waals surface area contributed by atoms with Crippen molar-refractivity contribution in [3.05, 3.63) is 68.3 Å². The van der Waals surface area contributed by atoms with E-state index in [1.54, 1.807) is 17.0 Å². The largest absolute Gasteiger partial charge is 0.450 e. The summed E-state index contributed by atoms with van der Waals surface area (Å²) in [6.45, 7) is 1.48. The Balaban J connectivity index is 1.79. The van der Waals surface area contributed by atoms with Gasteiger partial charge in [-0.05, 0) is 43.2 Å². The number of amides is 1. The van der Waals surface area contributed by atoms with E-state index >= 15 is 0 Å². The van der Waals surface area contributed by atoms with E-state index in [0.29, 0.717) is 11.3 Å². The van der Waals surface area contributed by atoms with Crippen LogP contribution in [0.1, 0.15) is 23.2 Å². The molecule has 9 heteroatoms. The fraction of sp³-hybridized carbons (Fsp3) is 0.235. The molecule has 3 rings (SSSR count). The van der Waals surface area contributed by atoms with Crippen LogP contribution in [0, 0.1) is 20.2 Å². The highest BCUT2D eigenvalue weighted by Crippen LogP contribution is 2.34. The van der Waals surface area contributed by atoms with Gasteiger partial charge < -0.3 is 9.64 Å². The molecule has 0 aromatic heterocycles. The van der Waals surface area contributed by atoms with Crippen molar-refractivity contribution in [1.82, 2.24) is 4.90 Å². The van der Waals surface area contributed by atoms with Gasteiger partial charge in [0.15, 0.2) is 0 Å². The van der Waals surface area contributed by atoms with Gasteiger partial charge in [0, 0.05) is 24.7 Å². The molecule has 0 spiro atoms. The normalized spacial score (nSPS) is 13.5. The number of hydrogen-bond acceptors (Lipinski definition) is 6. The Hall–Kier alpha value is -3.49. The summed E-state index contributed by atoms with van der Waals surface area (Å²) in [4.78, 5) is 34.5. The zero-order valence-corrected chi connectivity index (χ0v) is 13.7. The van der Waals surface area contributed by atoms with E-state index in [9.17, 15) is 25.0 Å². The molecule has 0 saturated carbocycles. The number of carbonyl (C=O) groups is 1. The molecule has 0 unspecified atom stereocenters. The summed E-state index contributed by atoms with van der Waals surface area (Å²) >= 11 is 0. The molecule has 1 aliphatic rings. The molecule has 1 aliphatic heterocycles. The topological polar surface area (TPSA) is 116 Å². The van der Waals surface area contributed by atoms with E-state index < -0.39 is 21.2 Å². The van der Waals surface area contributed by atoms with Crippen LogP contribution in [0.15, 0.2) is 42.5 Å². The molecular weight excluding hydrogens is 342 g/mol. The zero-order chi connectivity index (χ0) is 18.7. The van der Waals surface area contributed by atoms with Gasteiger partial charge in [0.2, 0.25) is 5.75 Å². The van der Waals surface area contributed by atoms with Gasteiger partial charge in [0.1, 0.15) is 5.75 Å². The minimum absolute atomic E-state index is 0.0598. The quantitative estimate of drug-likeness (QED) is 0.597. The third kappa shape index (κ3) is 3.61. The fourth-order valence-corrected chi connectivity index (χ4v) is 2.74. The molecule has 0 radical (unpaired) electrons. The molecule has 1 amide bonds. The lowest BCUT2D eigenvalue weighted by molar-refractivity contribution is -0.394. The molecule has 2 aromatic rings. The van der Waals surface area contributed by atoms with E-state index in [2.05, 4.69) is 0 Å². The van der Waals surface area contributed by atoms with E-state index in [1.807, 2.05) is 0 Å². The van der Waals surface area contributed by atoms with Crippen LogP contribution < -0.4 is 4.74 Å². The smallest absolute Gasteiger partial charge is 0.318 e. The van der Waals surface area contributed by atoms with Crippen molar-refractivity contribution < 1.29 is 19.4 Å². The Morgan fingerprint density at radius 2 is 1.62 bits per heavy atom. The van der Waals surface area contributed by atoms with Gasteiger partial charge in [-0.15, -0.1) is 0 Å². The van der Waals surface area contributed by atoms with E-state index in [1.165, 1.54) is 18.2 Å².